The second-order valence-corrected chi connectivity index (χ2v) is 18.7. The van der Waals surface area contributed by atoms with Crippen LogP contribution >= 0.6 is 0 Å². The number of para-hydroxylation sites is 7. The van der Waals surface area contributed by atoms with E-state index < -0.39 is 0 Å². The molecule has 0 saturated carbocycles. The van der Waals surface area contributed by atoms with Gasteiger partial charge >= 0.3 is 0 Å². The molecule has 10 aromatic carbocycles. The van der Waals surface area contributed by atoms with Crippen LogP contribution in [-0.4, -0.2) is 0 Å². The maximum absolute atomic E-state index is 4.20. The third-order valence-corrected chi connectivity index (χ3v) is 13.9. The largest absolute Gasteiger partial charge is 0.311 e. The zero-order valence-electron chi connectivity index (χ0n) is 41.3. The molecule has 0 bridgehead atoms. The molecule has 0 saturated heterocycles. The van der Waals surface area contributed by atoms with E-state index in [1.807, 2.05) is 24.3 Å². The van der Waals surface area contributed by atoms with Crippen molar-refractivity contribution in [2.75, 3.05) is 19.6 Å². The summed E-state index contributed by atoms with van der Waals surface area (Å²) in [7, 11) is 0. The van der Waals surface area contributed by atoms with Gasteiger partial charge < -0.3 is 19.6 Å². The minimum absolute atomic E-state index is 0.241. The van der Waals surface area contributed by atoms with Gasteiger partial charge in [0.15, 0.2) is 0 Å². The molecule has 0 spiro atoms. The number of anilines is 11. The van der Waals surface area contributed by atoms with Crippen molar-refractivity contribution in [2.45, 2.75) is 19.3 Å². The van der Waals surface area contributed by atoms with Crippen molar-refractivity contribution in [3.05, 3.63) is 309 Å². The van der Waals surface area contributed by atoms with Gasteiger partial charge in [-0.2, -0.15) is 0 Å². The van der Waals surface area contributed by atoms with Gasteiger partial charge in [0.2, 0.25) is 0 Å². The second-order valence-electron chi connectivity index (χ2n) is 18.7. The van der Waals surface area contributed by atoms with E-state index in [9.17, 15) is 0 Å². The Kier molecular flexibility index (Phi) is 12.7. The van der Waals surface area contributed by atoms with Crippen LogP contribution in [-0.2, 0) is 5.41 Å². The van der Waals surface area contributed by atoms with Gasteiger partial charge in [0, 0.05) is 62.1 Å². The molecule has 10 aromatic rings. The van der Waals surface area contributed by atoms with Gasteiger partial charge in [-0.25, -0.2) is 0 Å². The number of allylic oxidation sites excluding steroid dienone is 3. The molecule has 1 heterocycles. The maximum atomic E-state index is 4.20. The Morgan fingerprint density at radius 2 is 0.753 bits per heavy atom. The Morgan fingerprint density at radius 3 is 1.21 bits per heavy atom. The molecule has 0 aliphatic carbocycles. The van der Waals surface area contributed by atoms with Crippen LogP contribution in [0.4, 0.5) is 62.6 Å². The Hall–Kier alpha value is -9.38. The topological polar surface area (TPSA) is 13.0 Å². The first kappa shape index (κ1) is 46.0. The van der Waals surface area contributed by atoms with Crippen molar-refractivity contribution in [1.82, 2.24) is 0 Å². The predicted molar refractivity (Wildman–Crippen MR) is 311 cm³/mol. The molecule has 11 rings (SSSR count). The van der Waals surface area contributed by atoms with Gasteiger partial charge in [-0.05, 0) is 144 Å². The van der Waals surface area contributed by atoms with E-state index in [-0.39, 0.29) is 5.41 Å². The van der Waals surface area contributed by atoms with Crippen molar-refractivity contribution in [3.63, 3.8) is 0 Å². The molecule has 352 valence electrons. The van der Waals surface area contributed by atoms with Crippen molar-refractivity contribution < 1.29 is 0 Å². The fourth-order valence-corrected chi connectivity index (χ4v) is 10.5. The normalized spacial score (nSPS) is 12.5. The standard InChI is InChI=1S/C69H56N4/c1-5-26-53(6-2)70(54-27-12-7-13-28-54)59-45-41-51(42-46-59)61-50-68(73-65-39-24-22-37-63(65)69(3,4)64-38-23-25-40-66(64)73)62(49-67(61)72(57-33-18-10-19-34-57)58-35-20-11-21-36-58)52-43-47-60(48-44-52)71(55-29-14-8-15-30-55)56-31-16-9-17-32-56/h5-50H,1-2H2,3-4H3/b53-26+. The zero-order chi connectivity index (χ0) is 49.7. The van der Waals surface area contributed by atoms with E-state index in [0.29, 0.717) is 0 Å². The van der Waals surface area contributed by atoms with Crippen LogP contribution in [0.15, 0.2) is 298 Å². The SMILES string of the molecule is C=C/C=C(\C=C)N(c1ccccc1)c1ccc(-c2cc(N3c4ccccc4C(C)(C)c4ccccc43)c(-c3ccc(N(c4ccccc4)c4ccccc4)cc3)cc2N(c2ccccc2)c2ccccc2)cc1. The number of hydrogen-bond acceptors (Lipinski definition) is 4. The molecule has 4 nitrogen and oxygen atoms in total. The summed E-state index contributed by atoms with van der Waals surface area (Å²) in [5.74, 6) is 0. The number of rotatable bonds is 14. The molecular formula is C69H56N4. The first-order valence-corrected chi connectivity index (χ1v) is 24.9. The van der Waals surface area contributed by atoms with E-state index in [2.05, 4.69) is 301 Å². The molecule has 0 aromatic heterocycles. The van der Waals surface area contributed by atoms with Crippen molar-refractivity contribution >= 4 is 62.6 Å². The summed E-state index contributed by atoms with van der Waals surface area (Å²) in [5.41, 5.74) is 19.4. The summed E-state index contributed by atoms with van der Waals surface area (Å²) in [5, 5.41) is 0. The molecule has 1 aliphatic heterocycles. The molecule has 1 aliphatic rings. The van der Waals surface area contributed by atoms with Gasteiger partial charge in [0.1, 0.15) is 0 Å². The Balaban J connectivity index is 1.19. The van der Waals surface area contributed by atoms with Gasteiger partial charge in [-0.3, -0.25) is 0 Å². The minimum atomic E-state index is -0.241. The third kappa shape index (κ3) is 8.81. The molecule has 73 heavy (non-hydrogen) atoms. The zero-order valence-corrected chi connectivity index (χ0v) is 41.3. The average Bonchev–Trinajstić information content (AvgIpc) is 3.45. The first-order valence-electron chi connectivity index (χ1n) is 24.9. The third-order valence-electron chi connectivity index (χ3n) is 13.9. The molecular weight excluding hydrogens is 885 g/mol. The van der Waals surface area contributed by atoms with Gasteiger partial charge in [0.05, 0.1) is 22.7 Å². The molecule has 0 radical (unpaired) electrons. The summed E-state index contributed by atoms with van der Waals surface area (Å²) in [6, 6.07) is 93.8. The van der Waals surface area contributed by atoms with Gasteiger partial charge in [-0.15, -0.1) is 0 Å². The lowest BCUT2D eigenvalue weighted by Gasteiger charge is -2.43. The maximum Gasteiger partial charge on any atom is 0.0548 e. The Labute approximate surface area is 430 Å². The van der Waals surface area contributed by atoms with Crippen molar-refractivity contribution in [1.29, 1.82) is 0 Å². The second kappa shape index (κ2) is 20.2. The Bertz CT molecular complexity index is 3420. The number of benzene rings is 10. The van der Waals surface area contributed by atoms with E-state index in [0.717, 1.165) is 90.5 Å². The lowest BCUT2D eigenvalue weighted by Crippen LogP contribution is -2.30. The highest BCUT2D eigenvalue weighted by Crippen LogP contribution is 2.56. The number of fused-ring (bicyclic) bond motifs is 2. The quantitative estimate of drug-likeness (QED) is 0.101. The Morgan fingerprint density at radius 1 is 0.384 bits per heavy atom. The van der Waals surface area contributed by atoms with Crippen LogP contribution in [0.2, 0.25) is 0 Å². The van der Waals surface area contributed by atoms with Crippen LogP contribution in [0.3, 0.4) is 0 Å². The summed E-state index contributed by atoms with van der Waals surface area (Å²) in [6.07, 6.45) is 5.69. The smallest absolute Gasteiger partial charge is 0.0548 e. The highest BCUT2D eigenvalue weighted by atomic mass is 15.2. The van der Waals surface area contributed by atoms with Crippen LogP contribution in [0.25, 0.3) is 22.3 Å². The highest BCUT2D eigenvalue weighted by molar-refractivity contribution is 6.00. The predicted octanol–water partition coefficient (Wildman–Crippen LogP) is 19.5. The lowest BCUT2D eigenvalue weighted by molar-refractivity contribution is 0.632. The lowest BCUT2D eigenvalue weighted by atomic mass is 9.73. The van der Waals surface area contributed by atoms with Crippen LogP contribution in [0.1, 0.15) is 25.0 Å². The molecule has 0 atom stereocenters. The monoisotopic (exact) mass is 940 g/mol. The summed E-state index contributed by atoms with van der Waals surface area (Å²) in [6.45, 7) is 12.9. The van der Waals surface area contributed by atoms with Crippen LogP contribution in [0.5, 0.6) is 0 Å². The van der Waals surface area contributed by atoms with Crippen LogP contribution in [0, 0.1) is 0 Å². The summed E-state index contributed by atoms with van der Waals surface area (Å²) >= 11 is 0. The highest BCUT2D eigenvalue weighted by Gasteiger charge is 2.38. The molecule has 0 N–H and O–H groups in total. The average molecular weight is 941 g/mol. The van der Waals surface area contributed by atoms with E-state index in [1.165, 1.54) is 11.1 Å². The minimum Gasteiger partial charge on any atom is -0.311 e. The van der Waals surface area contributed by atoms with E-state index in [4.69, 9.17) is 0 Å². The summed E-state index contributed by atoms with van der Waals surface area (Å²) in [4.78, 5) is 9.44. The number of nitrogens with zero attached hydrogens (tertiary/aromatic N) is 4. The van der Waals surface area contributed by atoms with Crippen molar-refractivity contribution in [2.24, 2.45) is 0 Å². The molecule has 0 fully saturated rings. The molecule has 4 heteroatoms. The molecule has 0 amide bonds. The van der Waals surface area contributed by atoms with Crippen molar-refractivity contribution in [3.8, 4) is 22.3 Å². The summed E-state index contributed by atoms with van der Waals surface area (Å²) < 4.78 is 0. The number of hydrogen-bond donors (Lipinski definition) is 0. The fourth-order valence-electron chi connectivity index (χ4n) is 10.5. The first-order chi connectivity index (χ1) is 35.9. The van der Waals surface area contributed by atoms with Gasteiger partial charge in [-0.1, -0.05) is 185 Å². The van der Waals surface area contributed by atoms with Crippen LogP contribution < -0.4 is 19.6 Å². The van der Waals surface area contributed by atoms with E-state index >= 15 is 0 Å². The van der Waals surface area contributed by atoms with Gasteiger partial charge in [0.25, 0.3) is 0 Å². The molecule has 0 unspecified atom stereocenters. The van der Waals surface area contributed by atoms with E-state index in [1.54, 1.807) is 0 Å². The fraction of sp³-hybridized carbons (Fsp3) is 0.0435.